The minimum Gasteiger partial charge on any atom is -0.370 e. The highest BCUT2D eigenvalue weighted by Gasteiger charge is 2.03. The largest absolute Gasteiger partial charge is 0.370 e. The van der Waals surface area contributed by atoms with E-state index in [9.17, 15) is 9.18 Å². The molecule has 0 heterocycles. The van der Waals surface area contributed by atoms with E-state index in [1.165, 1.54) is 6.07 Å². The van der Waals surface area contributed by atoms with Gasteiger partial charge >= 0.3 is 0 Å². The third-order valence-electron chi connectivity index (χ3n) is 3.03. The second-order valence-electron chi connectivity index (χ2n) is 4.50. The Bertz CT molecular complexity index is 563. The molecule has 0 aliphatic rings. The third kappa shape index (κ3) is 3.65. The molecule has 2 N–H and O–H groups in total. The Morgan fingerprint density at radius 2 is 1.74 bits per heavy atom. The summed E-state index contributed by atoms with van der Waals surface area (Å²) in [6.45, 7) is 0. The first-order chi connectivity index (χ1) is 9.16. The van der Waals surface area contributed by atoms with Gasteiger partial charge in [-0.3, -0.25) is 4.79 Å². The Labute approximate surface area is 112 Å². The fourth-order valence-corrected chi connectivity index (χ4v) is 2.01. The number of halogens is 1. The molecule has 0 spiro atoms. The molecule has 1 amide bonds. The van der Waals surface area contributed by atoms with E-state index in [1.807, 2.05) is 30.3 Å². The summed E-state index contributed by atoms with van der Waals surface area (Å²) in [5, 5.41) is 0. The first-order valence-corrected chi connectivity index (χ1v) is 6.29. The van der Waals surface area contributed by atoms with Crippen molar-refractivity contribution < 1.29 is 9.18 Å². The first kappa shape index (κ1) is 13.3. The van der Waals surface area contributed by atoms with E-state index in [0.29, 0.717) is 12.0 Å². The Morgan fingerprint density at radius 1 is 1.05 bits per heavy atom. The number of nitrogens with two attached hydrogens (primary N) is 1. The summed E-state index contributed by atoms with van der Waals surface area (Å²) >= 11 is 0. The Balaban J connectivity index is 2.06. The maximum Gasteiger partial charge on any atom is 0.217 e. The molecule has 0 bridgehead atoms. The smallest absolute Gasteiger partial charge is 0.217 e. The van der Waals surface area contributed by atoms with Crippen LogP contribution in [0, 0.1) is 5.82 Å². The number of aryl methyl sites for hydroxylation is 1. The van der Waals surface area contributed by atoms with Crippen LogP contribution in [-0.4, -0.2) is 5.91 Å². The molecule has 0 aliphatic heterocycles. The molecule has 0 unspecified atom stereocenters. The minimum atomic E-state index is -0.275. The van der Waals surface area contributed by atoms with Gasteiger partial charge in [0.25, 0.3) is 0 Å². The number of hydrogen-bond donors (Lipinski definition) is 1. The van der Waals surface area contributed by atoms with Crippen LogP contribution in [0.3, 0.4) is 0 Å². The summed E-state index contributed by atoms with van der Waals surface area (Å²) in [5.41, 5.74) is 7.68. The molecule has 2 aromatic carbocycles. The van der Waals surface area contributed by atoms with Gasteiger partial charge in [0.05, 0.1) is 0 Å². The fraction of sp³-hybridized carbons (Fsp3) is 0.188. The topological polar surface area (TPSA) is 43.1 Å². The lowest BCUT2D eigenvalue weighted by atomic mass is 10.0. The van der Waals surface area contributed by atoms with Crippen LogP contribution in [0.5, 0.6) is 0 Å². The number of benzene rings is 2. The zero-order valence-corrected chi connectivity index (χ0v) is 10.6. The molecule has 2 nitrogen and oxygen atoms in total. The zero-order valence-electron chi connectivity index (χ0n) is 10.6. The van der Waals surface area contributed by atoms with Gasteiger partial charge in [-0.15, -0.1) is 0 Å². The van der Waals surface area contributed by atoms with E-state index >= 15 is 0 Å². The molecule has 19 heavy (non-hydrogen) atoms. The van der Waals surface area contributed by atoms with Crippen LogP contribution in [0.25, 0.3) is 11.1 Å². The van der Waals surface area contributed by atoms with Crippen molar-refractivity contribution in [3.05, 3.63) is 59.9 Å². The van der Waals surface area contributed by atoms with Crippen LogP contribution < -0.4 is 5.73 Å². The van der Waals surface area contributed by atoms with Crippen LogP contribution >= 0.6 is 0 Å². The molecule has 2 aromatic rings. The quantitative estimate of drug-likeness (QED) is 0.877. The minimum absolute atomic E-state index is 0.219. The van der Waals surface area contributed by atoms with Crippen LogP contribution in [0.1, 0.15) is 18.4 Å². The van der Waals surface area contributed by atoms with Gasteiger partial charge < -0.3 is 5.73 Å². The molecular formula is C16H16FNO. The number of carbonyl (C=O) groups excluding carboxylic acids is 1. The van der Waals surface area contributed by atoms with Crippen LogP contribution in [0.15, 0.2) is 48.5 Å². The lowest BCUT2D eigenvalue weighted by Crippen LogP contribution is -2.10. The number of hydrogen-bond acceptors (Lipinski definition) is 1. The van der Waals surface area contributed by atoms with Gasteiger partial charge in [0.2, 0.25) is 5.91 Å². The summed E-state index contributed by atoms with van der Waals surface area (Å²) in [4.78, 5) is 10.6. The van der Waals surface area contributed by atoms with Crippen molar-refractivity contribution in [3.63, 3.8) is 0 Å². The van der Waals surface area contributed by atoms with Crippen LogP contribution in [-0.2, 0) is 11.2 Å². The lowest BCUT2D eigenvalue weighted by Gasteiger charge is -2.05. The second-order valence-corrected chi connectivity index (χ2v) is 4.50. The van der Waals surface area contributed by atoms with Gasteiger partial charge in [0, 0.05) is 12.0 Å². The van der Waals surface area contributed by atoms with Gasteiger partial charge in [-0.25, -0.2) is 4.39 Å². The normalized spacial score (nSPS) is 10.4. The Hall–Kier alpha value is -2.16. The van der Waals surface area contributed by atoms with Gasteiger partial charge in [-0.1, -0.05) is 42.5 Å². The van der Waals surface area contributed by atoms with Gasteiger partial charge in [0.15, 0.2) is 0 Å². The molecular weight excluding hydrogens is 241 g/mol. The van der Waals surface area contributed by atoms with E-state index in [-0.39, 0.29) is 11.7 Å². The highest BCUT2D eigenvalue weighted by molar-refractivity contribution is 5.73. The van der Waals surface area contributed by atoms with E-state index in [0.717, 1.165) is 24.0 Å². The molecule has 0 fully saturated rings. The number of amides is 1. The monoisotopic (exact) mass is 257 g/mol. The maximum absolute atomic E-state index is 13.6. The summed E-state index contributed by atoms with van der Waals surface area (Å²) in [6, 6.07) is 14.4. The molecule has 0 atom stereocenters. The fourth-order valence-electron chi connectivity index (χ4n) is 2.01. The molecule has 98 valence electrons. The molecule has 0 aromatic heterocycles. The highest BCUT2D eigenvalue weighted by atomic mass is 19.1. The summed E-state index contributed by atoms with van der Waals surface area (Å²) in [6.07, 6.45) is 1.95. The van der Waals surface area contributed by atoms with Crippen molar-refractivity contribution in [1.29, 1.82) is 0 Å². The average molecular weight is 257 g/mol. The predicted octanol–water partition coefficient (Wildman–Crippen LogP) is 3.30. The van der Waals surface area contributed by atoms with Crippen molar-refractivity contribution in [2.75, 3.05) is 0 Å². The highest BCUT2D eigenvalue weighted by Crippen LogP contribution is 2.23. The SMILES string of the molecule is NC(=O)CCCc1ccc(-c2ccccc2F)cc1. The molecule has 0 aliphatic carbocycles. The standard InChI is InChI=1S/C16H16FNO/c17-15-6-2-1-5-14(15)13-10-8-12(9-11-13)4-3-7-16(18)19/h1-2,5-6,8-11H,3-4,7H2,(H2,18,19). The van der Waals surface area contributed by atoms with Gasteiger partial charge in [-0.05, 0) is 30.0 Å². The zero-order chi connectivity index (χ0) is 13.7. The number of carbonyl (C=O) groups is 1. The van der Waals surface area contributed by atoms with E-state index < -0.39 is 0 Å². The van der Waals surface area contributed by atoms with E-state index in [1.54, 1.807) is 12.1 Å². The second kappa shape index (κ2) is 6.14. The molecule has 0 radical (unpaired) electrons. The summed E-state index contributed by atoms with van der Waals surface area (Å²) in [7, 11) is 0. The Morgan fingerprint density at radius 3 is 2.37 bits per heavy atom. The molecule has 0 saturated carbocycles. The average Bonchev–Trinajstić information content (AvgIpc) is 2.40. The van der Waals surface area contributed by atoms with Crippen molar-refractivity contribution in [1.82, 2.24) is 0 Å². The molecule has 3 heteroatoms. The first-order valence-electron chi connectivity index (χ1n) is 6.29. The predicted molar refractivity (Wildman–Crippen MR) is 74.0 cm³/mol. The van der Waals surface area contributed by atoms with Gasteiger partial charge in [-0.2, -0.15) is 0 Å². The van der Waals surface area contributed by atoms with Crippen molar-refractivity contribution >= 4 is 5.91 Å². The summed E-state index contributed by atoms with van der Waals surface area (Å²) in [5.74, 6) is -0.494. The van der Waals surface area contributed by atoms with Crippen molar-refractivity contribution in [2.45, 2.75) is 19.3 Å². The van der Waals surface area contributed by atoms with Crippen molar-refractivity contribution in [2.24, 2.45) is 5.73 Å². The van der Waals surface area contributed by atoms with Crippen molar-refractivity contribution in [3.8, 4) is 11.1 Å². The Kier molecular flexibility index (Phi) is 4.29. The van der Waals surface area contributed by atoms with Crippen LogP contribution in [0.2, 0.25) is 0 Å². The summed E-state index contributed by atoms with van der Waals surface area (Å²) < 4.78 is 13.6. The third-order valence-corrected chi connectivity index (χ3v) is 3.03. The van der Waals surface area contributed by atoms with Gasteiger partial charge in [0.1, 0.15) is 5.82 Å². The lowest BCUT2D eigenvalue weighted by molar-refractivity contribution is -0.118. The van der Waals surface area contributed by atoms with E-state index in [2.05, 4.69) is 0 Å². The number of rotatable bonds is 5. The van der Waals surface area contributed by atoms with E-state index in [4.69, 9.17) is 5.73 Å². The molecule has 2 rings (SSSR count). The number of primary amides is 1. The molecule has 0 saturated heterocycles. The maximum atomic E-state index is 13.6. The van der Waals surface area contributed by atoms with Crippen LogP contribution in [0.4, 0.5) is 4.39 Å².